The molecule has 0 unspecified atom stereocenters. The average molecular weight is 218 g/mol. The Hall–Kier alpha value is -1.91. The molecular formula is C11H14N4O. The van der Waals surface area contributed by atoms with Gasteiger partial charge in [-0.15, -0.1) is 0 Å². The Balaban J connectivity index is 2.74. The van der Waals surface area contributed by atoms with Crippen molar-refractivity contribution in [3.63, 3.8) is 0 Å². The van der Waals surface area contributed by atoms with E-state index < -0.39 is 0 Å². The van der Waals surface area contributed by atoms with Crippen LogP contribution in [0, 0.1) is 6.92 Å². The molecule has 84 valence electrons. The molecule has 16 heavy (non-hydrogen) atoms. The van der Waals surface area contributed by atoms with Crippen molar-refractivity contribution in [3.05, 3.63) is 23.5 Å². The fourth-order valence-electron chi connectivity index (χ4n) is 1.73. The van der Waals surface area contributed by atoms with E-state index >= 15 is 0 Å². The van der Waals surface area contributed by atoms with Crippen LogP contribution in [-0.4, -0.2) is 27.7 Å². The highest BCUT2D eigenvalue weighted by Crippen LogP contribution is 2.17. The van der Waals surface area contributed by atoms with Gasteiger partial charge in [-0.1, -0.05) is 0 Å². The molecule has 0 saturated heterocycles. The summed E-state index contributed by atoms with van der Waals surface area (Å²) in [5, 5.41) is 7.63. The molecule has 0 radical (unpaired) electrons. The first kappa shape index (κ1) is 10.6. The molecule has 0 aromatic carbocycles. The number of nitrogens with zero attached hydrogens (tertiary/aromatic N) is 3. The van der Waals surface area contributed by atoms with Crippen molar-refractivity contribution < 1.29 is 4.79 Å². The van der Waals surface area contributed by atoms with Gasteiger partial charge < -0.3 is 5.32 Å². The third kappa shape index (κ3) is 1.54. The van der Waals surface area contributed by atoms with E-state index in [1.807, 2.05) is 13.8 Å². The number of rotatable bonds is 2. The molecule has 1 N–H and O–H groups in total. The van der Waals surface area contributed by atoms with E-state index in [4.69, 9.17) is 0 Å². The summed E-state index contributed by atoms with van der Waals surface area (Å²) in [5.74, 6) is -0.105. The van der Waals surface area contributed by atoms with Crippen LogP contribution in [0.4, 0.5) is 0 Å². The molecule has 0 atom stereocenters. The maximum atomic E-state index is 11.7. The summed E-state index contributed by atoms with van der Waals surface area (Å²) in [4.78, 5) is 16.1. The normalized spacial score (nSPS) is 10.7. The van der Waals surface area contributed by atoms with Gasteiger partial charge in [0, 0.05) is 19.3 Å². The van der Waals surface area contributed by atoms with E-state index in [1.54, 1.807) is 24.0 Å². The Labute approximate surface area is 93.5 Å². The number of nitrogens with one attached hydrogen (secondary N) is 1. The number of carbonyl (C=O) groups excluding carboxylic acids is 1. The lowest BCUT2D eigenvalue weighted by molar-refractivity contribution is 0.0964. The van der Waals surface area contributed by atoms with Gasteiger partial charge in [-0.3, -0.25) is 4.79 Å². The number of fused-ring (bicyclic) bond motifs is 1. The number of hydrogen-bond acceptors (Lipinski definition) is 3. The predicted octanol–water partition coefficient (Wildman–Crippen LogP) is 1.12. The molecule has 0 saturated carbocycles. The maximum absolute atomic E-state index is 11.7. The minimum atomic E-state index is -0.105. The van der Waals surface area contributed by atoms with Gasteiger partial charge in [0.1, 0.15) is 0 Å². The van der Waals surface area contributed by atoms with E-state index in [-0.39, 0.29) is 5.91 Å². The molecule has 0 aliphatic heterocycles. The highest BCUT2D eigenvalue weighted by atomic mass is 16.1. The van der Waals surface area contributed by atoms with Crippen LogP contribution in [0.25, 0.3) is 11.0 Å². The second-order valence-corrected chi connectivity index (χ2v) is 3.59. The van der Waals surface area contributed by atoms with E-state index in [2.05, 4.69) is 15.4 Å². The molecule has 2 rings (SSSR count). The van der Waals surface area contributed by atoms with Gasteiger partial charge in [0.05, 0.1) is 17.1 Å². The topological polar surface area (TPSA) is 59.8 Å². The second kappa shape index (κ2) is 3.92. The Morgan fingerprint density at radius 1 is 1.56 bits per heavy atom. The SMILES string of the molecule is CCn1ncc2c(C(=O)NC)cc(C)nc21. The predicted molar refractivity (Wildman–Crippen MR) is 61.3 cm³/mol. The van der Waals surface area contributed by atoms with E-state index in [0.717, 1.165) is 23.3 Å². The van der Waals surface area contributed by atoms with Crippen LogP contribution in [0.15, 0.2) is 12.3 Å². The molecule has 2 heterocycles. The van der Waals surface area contributed by atoms with Gasteiger partial charge in [0.25, 0.3) is 5.91 Å². The van der Waals surface area contributed by atoms with Gasteiger partial charge in [0.2, 0.25) is 0 Å². The highest BCUT2D eigenvalue weighted by Gasteiger charge is 2.13. The summed E-state index contributed by atoms with van der Waals surface area (Å²) in [5.41, 5.74) is 2.21. The van der Waals surface area contributed by atoms with Crippen molar-refractivity contribution in [1.82, 2.24) is 20.1 Å². The Morgan fingerprint density at radius 2 is 2.31 bits per heavy atom. The summed E-state index contributed by atoms with van der Waals surface area (Å²) < 4.78 is 1.79. The molecule has 2 aromatic rings. The van der Waals surface area contributed by atoms with E-state index in [1.165, 1.54) is 0 Å². The molecule has 0 spiro atoms. The minimum absolute atomic E-state index is 0.105. The zero-order valence-corrected chi connectivity index (χ0v) is 9.61. The second-order valence-electron chi connectivity index (χ2n) is 3.59. The average Bonchev–Trinajstić information content (AvgIpc) is 2.69. The quantitative estimate of drug-likeness (QED) is 0.821. The maximum Gasteiger partial charge on any atom is 0.251 e. The van der Waals surface area contributed by atoms with Gasteiger partial charge in [-0.25, -0.2) is 9.67 Å². The van der Waals surface area contributed by atoms with Crippen molar-refractivity contribution in [2.24, 2.45) is 0 Å². The third-order valence-corrected chi connectivity index (χ3v) is 2.51. The molecule has 5 nitrogen and oxygen atoms in total. The molecule has 0 bridgehead atoms. The standard InChI is InChI=1S/C11H14N4O/c1-4-15-10-9(6-13-15)8(11(16)12-3)5-7(2)14-10/h5-6H,4H2,1-3H3,(H,12,16). The molecule has 0 aliphatic rings. The lowest BCUT2D eigenvalue weighted by Gasteiger charge is -2.04. The smallest absolute Gasteiger partial charge is 0.251 e. The molecule has 5 heteroatoms. The van der Waals surface area contributed by atoms with Crippen LogP contribution in [0.3, 0.4) is 0 Å². The van der Waals surface area contributed by atoms with Crippen LogP contribution in [0.2, 0.25) is 0 Å². The molecule has 0 aliphatic carbocycles. The number of hydrogen-bond donors (Lipinski definition) is 1. The van der Waals surface area contributed by atoms with Gasteiger partial charge in [-0.05, 0) is 19.9 Å². The van der Waals surface area contributed by atoms with Crippen LogP contribution in [0.1, 0.15) is 23.0 Å². The van der Waals surface area contributed by atoms with Crippen LogP contribution in [-0.2, 0) is 6.54 Å². The summed E-state index contributed by atoms with van der Waals surface area (Å²) >= 11 is 0. The van der Waals surface area contributed by atoms with Gasteiger partial charge in [0.15, 0.2) is 5.65 Å². The number of amides is 1. The lowest BCUT2D eigenvalue weighted by Crippen LogP contribution is -2.18. The van der Waals surface area contributed by atoms with Crippen molar-refractivity contribution in [2.75, 3.05) is 7.05 Å². The van der Waals surface area contributed by atoms with Crippen molar-refractivity contribution in [3.8, 4) is 0 Å². The number of carbonyl (C=O) groups is 1. The molecular weight excluding hydrogens is 204 g/mol. The zero-order chi connectivity index (χ0) is 11.7. The fourth-order valence-corrected chi connectivity index (χ4v) is 1.73. The number of aromatic nitrogens is 3. The third-order valence-electron chi connectivity index (χ3n) is 2.51. The largest absolute Gasteiger partial charge is 0.355 e. The molecule has 0 fully saturated rings. The van der Waals surface area contributed by atoms with E-state index in [9.17, 15) is 4.79 Å². The van der Waals surface area contributed by atoms with Gasteiger partial charge in [-0.2, -0.15) is 5.10 Å². The van der Waals surface area contributed by atoms with Gasteiger partial charge >= 0.3 is 0 Å². The molecule has 2 aromatic heterocycles. The van der Waals surface area contributed by atoms with Crippen molar-refractivity contribution >= 4 is 16.9 Å². The van der Waals surface area contributed by atoms with Crippen molar-refractivity contribution in [2.45, 2.75) is 20.4 Å². The van der Waals surface area contributed by atoms with Crippen molar-refractivity contribution in [1.29, 1.82) is 0 Å². The summed E-state index contributed by atoms with van der Waals surface area (Å²) in [6, 6.07) is 1.78. The zero-order valence-electron chi connectivity index (χ0n) is 9.61. The first-order valence-electron chi connectivity index (χ1n) is 5.22. The number of pyridine rings is 1. The summed E-state index contributed by atoms with van der Waals surface area (Å²) in [7, 11) is 1.62. The molecule has 1 amide bonds. The Morgan fingerprint density at radius 3 is 2.94 bits per heavy atom. The van der Waals surface area contributed by atoms with Crippen LogP contribution < -0.4 is 5.32 Å². The highest BCUT2D eigenvalue weighted by molar-refractivity contribution is 6.05. The first-order chi connectivity index (χ1) is 7.67. The first-order valence-corrected chi connectivity index (χ1v) is 5.22. The number of aryl methyl sites for hydroxylation is 2. The van der Waals surface area contributed by atoms with Crippen LogP contribution >= 0.6 is 0 Å². The van der Waals surface area contributed by atoms with E-state index in [0.29, 0.717) is 5.56 Å². The summed E-state index contributed by atoms with van der Waals surface area (Å²) in [6.07, 6.45) is 1.69. The Bertz CT molecular complexity index is 544. The lowest BCUT2D eigenvalue weighted by atomic mass is 10.1. The minimum Gasteiger partial charge on any atom is -0.355 e. The van der Waals surface area contributed by atoms with Crippen LogP contribution in [0.5, 0.6) is 0 Å². The fraction of sp³-hybridized carbons (Fsp3) is 0.364. The Kier molecular flexibility index (Phi) is 2.60. The summed E-state index contributed by atoms with van der Waals surface area (Å²) in [6.45, 7) is 4.61. The monoisotopic (exact) mass is 218 g/mol.